The molecule has 14 heavy (non-hydrogen) atoms. The fourth-order valence-corrected chi connectivity index (χ4v) is 1.54. The minimum atomic E-state index is -0.445. The van der Waals surface area contributed by atoms with Crippen molar-refractivity contribution in [3.63, 3.8) is 0 Å². The van der Waals surface area contributed by atoms with Crippen molar-refractivity contribution in [2.45, 2.75) is 24.8 Å². The van der Waals surface area contributed by atoms with Crippen molar-refractivity contribution in [2.24, 2.45) is 0 Å². The van der Waals surface area contributed by atoms with Gasteiger partial charge in [0.15, 0.2) is 0 Å². The molecule has 0 aliphatic rings. The lowest BCUT2D eigenvalue weighted by Gasteiger charge is -2.06. The fourth-order valence-electron chi connectivity index (χ4n) is 0.994. The lowest BCUT2D eigenvalue weighted by Crippen LogP contribution is -2.17. The molecule has 0 saturated heterocycles. The van der Waals surface area contributed by atoms with E-state index in [-0.39, 0.29) is 11.5 Å². The molecule has 4 nitrogen and oxygen atoms in total. The lowest BCUT2D eigenvalue weighted by molar-refractivity contribution is 0.742. The van der Waals surface area contributed by atoms with E-state index in [4.69, 9.17) is 5.26 Å². The zero-order chi connectivity index (χ0) is 10.7. The maximum atomic E-state index is 11.4. The Hall–Kier alpha value is -1.28. The number of rotatable bonds is 2. The number of nitrogens with zero attached hydrogens (tertiary/aromatic N) is 2. The molecule has 0 spiro atoms. The highest BCUT2D eigenvalue weighted by atomic mass is 32.2. The quantitative estimate of drug-likeness (QED) is 0.591. The molecular formula is C9H11N3OS. The second-order valence-electron chi connectivity index (χ2n) is 3.10. The summed E-state index contributed by atoms with van der Waals surface area (Å²) in [5.74, 6) is 0.777. The summed E-state index contributed by atoms with van der Waals surface area (Å²) in [5, 5.41) is 9.33. The topological polar surface area (TPSA) is 69.5 Å². The Labute approximate surface area is 86.4 Å². The van der Waals surface area contributed by atoms with E-state index >= 15 is 0 Å². The highest BCUT2D eigenvalue weighted by Crippen LogP contribution is 2.16. The molecule has 0 unspecified atom stereocenters. The van der Waals surface area contributed by atoms with Gasteiger partial charge in [-0.15, -0.1) is 11.8 Å². The van der Waals surface area contributed by atoms with Gasteiger partial charge in [0.2, 0.25) is 0 Å². The van der Waals surface area contributed by atoms with Gasteiger partial charge in [-0.1, -0.05) is 13.8 Å². The number of hydrogen-bond donors (Lipinski definition) is 1. The van der Waals surface area contributed by atoms with Crippen molar-refractivity contribution in [3.05, 3.63) is 21.7 Å². The SMILES string of the molecule is CSc1[nH]c(C(C)C)nc(=O)c1C#N. The second-order valence-corrected chi connectivity index (χ2v) is 3.92. The Bertz CT molecular complexity index is 431. The summed E-state index contributed by atoms with van der Waals surface area (Å²) in [7, 11) is 0. The normalized spacial score (nSPS) is 10.2. The molecule has 0 aromatic carbocycles. The van der Waals surface area contributed by atoms with Crippen LogP contribution in [0.1, 0.15) is 31.2 Å². The average Bonchev–Trinajstić information content (AvgIpc) is 2.16. The van der Waals surface area contributed by atoms with E-state index in [1.165, 1.54) is 11.8 Å². The van der Waals surface area contributed by atoms with Crippen LogP contribution in [0.4, 0.5) is 0 Å². The van der Waals surface area contributed by atoms with Crippen LogP contribution < -0.4 is 5.56 Å². The van der Waals surface area contributed by atoms with Gasteiger partial charge in [0.25, 0.3) is 5.56 Å². The summed E-state index contributed by atoms with van der Waals surface area (Å²) in [6.07, 6.45) is 1.82. The monoisotopic (exact) mass is 209 g/mol. The van der Waals surface area contributed by atoms with Crippen molar-refractivity contribution < 1.29 is 0 Å². The van der Waals surface area contributed by atoms with Gasteiger partial charge in [0, 0.05) is 5.92 Å². The molecule has 0 fully saturated rings. The van der Waals surface area contributed by atoms with Crippen molar-refractivity contribution in [1.82, 2.24) is 9.97 Å². The molecule has 0 aliphatic heterocycles. The number of nitriles is 1. The van der Waals surface area contributed by atoms with Gasteiger partial charge < -0.3 is 4.98 Å². The third kappa shape index (κ3) is 1.96. The summed E-state index contributed by atoms with van der Waals surface area (Å²) in [5.41, 5.74) is -0.346. The maximum Gasteiger partial charge on any atom is 0.292 e. The van der Waals surface area contributed by atoms with Gasteiger partial charge in [0.1, 0.15) is 17.5 Å². The van der Waals surface area contributed by atoms with Crippen LogP contribution in [0.5, 0.6) is 0 Å². The highest BCUT2D eigenvalue weighted by Gasteiger charge is 2.11. The molecule has 0 aliphatic carbocycles. The largest absolute Gasteiger partial charge is 0.337 e. The first kappa shape index (κ1) is 10.8. The van der Waals surface area contributed by atoms with E-state index in [9.17, 15) is 4.79 Å². The third-order valence-corrected chi connectivity index (χ3v) is 2.48. The Morgan fingerprint density at radius 1 is 1.57 bits per heavy atom. The van der Waals surface area contributed by atoms with Crippen molar-refractivity contribution >= 4 is 11.8 Å². The van der Waals surface area contributed by atoms with E-state index in [0.29, 0.717) is 10.9 Å². The highest BCUT2D eigenvalue weighted by molar-refractivity contribution is 7.98. The molecule has 1 rings (SSSR count). The molecule has 1 aromatic rings. The molecule has 0 bridgehead atoms. The summed E-state index contributed by atoms with van der Waals surface area (Å²) < 4.78 is 0. The fraction of sp³-hybridized carbons (Fsp3) is 0.444. The Kier molecular flexibility index (Phi) is 3.31. The van der Waals surface area contributed by atoms with Gasteiger partial charge in [-0.2, -0.15) is 10.2 Å². The molecular weight excluding hydrogens is 198 g/mol. The number of hydrogen-bond acceptors (Lipinski definition) is 4. The molecule has 0 saturated carbocycles. The first-order valence-corrected chi connectivity index (χ1v) is 5.41. The standard InChI is InChI=1S/C9H11N3OS/c1-5(2)7-11-8(13)6(4-10)9(12-7)14-3/h5H,1-3H3,(H,11,12,13). The minimum absolute atomic E-state index is 0.0990. The third-order valence-electron chi connectivity index (χ3n) is 1.77. The number of aromatic amines is 1. The van der Waals surface area contributed by atoms with E-state index in [2.05, 4.69) is 9.97 Å². The van der Waals surface area contributed by atoms with Gasteiger partial charge in [-0.3, -0.25) is 4.79 Å². The van der Waals surface area contributed by atoms with Crippen molar-refractivity contribution in [1.29, 1.82) is 5.26 Å². The van der Waals surface area contributed by atoms with Gasteiger partial charge in [0.05, 0.1) is 5.03 Å². The molecule has 5 heteroatoms. The predicted molar refractivity (Wildman–Crippen MR) is 55.4 cm³/mol. The second kappa shape index (κ2) is 4.29. The van der Waals surface area contributed by atoms with Crippen LogP contribution in [0.15, 0.2) is 9.82 Å². The van der Waals surface area contributed by atoms with E-state index < -0.39 is 5.56 Å². The molecule has 1 aromatic heterocycles. The van der Waals surface area contributed by atoms with Gasteiger partial charge >= 0.3 is 0 Å². The molecule has 0 amide bonds. The molecule has 0 atom stereocenters. The average molecular weight is 209 g/mol. The summed E-state index contributed by atoms with van der Waals surface area (Å²) >= 11 is 1.35. The first-order valence-electron chi connectivity index (χ1n) is 4.18. The lowest BCUT2D eigenvalue weighted by atomic mass is 10.2. The Morgan fingerprint density at radius 2 is 2.21 bits per heavy atom. The van der Waals surface area contributed by atoms with Crippen LogP contribution in [-0.2, 0) is 0 Å². The number of thioether (sulfide) groups is 1. The number of aromatic nitrogens is 2. The summed E-state index contributed by atoms with van der Waals surface area (Å²) in [4.78, 5) is 18.2. The Morgan fingerprint density at radius 3 is 2.64 bits per heavy atom. The van der Waals surface area contributed by atoms with Crippen LogP contribution in [0.2, 0.25) is 0 Å². The zero-order valence-electron chi connectivity index (χ0n) is 8.29. The van der Waals surface area contributed by atoms with Gasteiger partial charge in [-0.05, 0) is 6.26 Å². The maximum absolute atomic E-state index is 11.4. The smallest absolute Gasteiger partial charge is 0.292 e. The number of nitrogens with one attached hydrogen (secondary N) is 1. The summed E-state index contributed by atoms with van der Waals surface area (Å²) in [6.45, 7) is 3.88. The van der Waals surface area contributed by atoms with Crippen LogP contribution in [-0.4, -0.2) is 16.2 Å². The van der Waals surface area contributed by atoms with E-state index in [0.717, 1.165) is 0 Å². The van der Waals surface area contributed by atoms with Crippen LogP contribution in [0.3, 0.4) is 0 Å². The van der Waals surface area contributed by atoms with Crippen LogP contribution >= 0.6 is 11.8 Å². The van der Waals surface area contributed by atoms with Gasteiger partial charge in [-0.25, -0.2) is 0 Å². The van der Waals surface area contributed by atoms with Crippen molar-refractivity contribution in [3.8, 4) is 6.07 Å². The minimum Gasteiger partial charge on any atom is -0.337 e. The zero-order valence-corrected chi connectivity index (χ0v) is 9.10. The Balaban J connectivity index is 3.41. The summed E-state index contributed by atoms with van der Waals surface area (Å²) in [6, 6.07) is 1.85. The first-order chi connectivity index (χ1) is 6.60. The molecule has 1 N–H and O–H groups in total. The molecule has 0 radical (unpaired) electrons. The van der Waals surface area contributed by atoms with Crippen LogP contribution in [0, 0.1) is 11.3 Å². The number of H-pyrrole nitrogens is 1. The van der Waals surface area contributed by atoms with E-state index in [1.54, 1.807) is 0 Å². The van der Waals surface area contributed by atoms with Crippen molar-refractivity contribution in [2.75, 3.05) is 6.26 Å². The van der Waals surface area contributed by atoms with E-state index in [1.807, 2.05) is 26.2 Å². The molecule has 1 heterocycles. The predicted octanol–water partition coefficient (Wildman–Crippen LogP) is 1.49. The molecule has 74 valence electrons. The van der Waals surface area contributed by atoms with Crippen LogP contribution in [0.25, 0.3) is 0 Å².